The van der Waals surface area contributed by atoms with Crippen molar-refractivity contribution < 1.29 is 13.9 Å². The van der Waals surface area contributed by atoms with Crippen LogP contribution in [-0.2, 0) is 11.4 Å². The molecule has 1 amide bonds. The van der Waals surface area contributed by atoms with Crippen LogP contribution in [0.3, 0.4) is 0 Å². The molecule has 36 heavy (non-hydrogen) atoms. The number of hydrogen-bond donors (Lipinski definition) is 1. The van der Waals surface area contributed by atoms with Gasteiger partial charge in [0.05, 0.1) is 11.4 Å². The molecule has 0 saturated carbocycles. The number of halogens is 1. The fourth-order valence-corrected chi connectivity index (χ4v) is 4.66. The van der Waals surface area contributed by atoms with Crippen molar-refractivity contribution in [3.63, 3.8) is 0 Å². The number of nitrogens with two attached hydrogens (primary N) is 1. The Morgan fingerprint density at radius 2 is 2.14 bits per heavy atom. The number of anilines is 1. The molecule has 5 rings (SSSR count). The second-order valence-corrected chi connectivity index (χ2v) is 8.96. The van der Waals surface area contributed by atoms with Crippen LogP contribution in [0, 0.1) is 12.7 Å². The number of aryl methyl sites for hydroxylation is 1. The Balaban J connectivity index is 1.47. The summed E-state index contributed by atoms with van der Waals surface area (Å²) < 4.78 is 22.6. The zero-order chi connectivity index (χ0) is 25.2. The molecule has 184 valence electrons. The quantitative estimate of drug-likeness (QED) is 0.404. The summed E-state index contributed by atoms with van der Waals surface area (Å²) in [6, 6.07) is 12.5. The van der Waals surface area contributed by atoms with E-state index in [1.54, 1.807) is 21.7 Å². The van der Waals surface area contributed by atoms with Gasteiger partial charge in [0.25, 0.3) is 0 Å². The van der Waals surface area contributed by atoms with Gasteiger partial charge in [0, 0.05) is 18.7 Å². The lowest BCUT2D eigenvalue weighted by atomic mass is 10.1. The summed E-state index contributed by atoms with van der Waals surface area (Å²) in [7, 11) is 0. The van der Waals surface area contributed by atoms with E-state index in [1.165, 1.54) is 18.5 Å². The second kappa shape index (κ2) is 9.77. The van der Waals surface area contributed by atoms with E-state index in [1.807, 2.05) is 31.2 Å². The van der Waals surface area contributed by atoms with Crippen LogP contribution in [0.2, 0.25) is 0 Å². The lowest BCUT2D eigenvalue weighted by Crippen LogP contribution is -2.40. The Morgan fingerprint density at radius 3 is 2.92 bits per heavy atom. The molecule has 1 atom stereocenters. The Hall–Kier alpha value is -4.27. The van der Waals surface area contributed by atoms with Crippen LogP contribution < -0.4 is 10.5 Å². The minimum atomic E-state index is -0.501. The van der Waals surface area contributed by atoms with Gasteiger partial charge < -0.3 is 15.4 Å². The lowest BCUT2D eigenvalue weighted by Gasteiger charge is -2.32. The molecule has 0 spiro atoms. The molecule has 0 radical (unpaired) electrons. The van der Waals surface area contributed by atoms with Crippen molar-refractivity contribution in [2.24, 2.45) is 0 Å². The smallest absolute Gasteiger partial charge is 0.246 e. The SMILES string of the molecule is C=CC(=O)N1CCC[C@@H](n2nc(-c3ccc(OCc4cccc(C)c4)c(F)c3)c3c(N)ncnc32)C1. The van der Waals surface area contributed by atoms with Gasteiger partial charge in [-0.05, 0) is 49.6 Å². The van der Waals surface area contributed by atoms with E-state index in [-0.39, 0.29) is 30.1 Å². The topological polar surface area (TPSA) is 99.2 Å². The number of nitrogens with zero attached hydrogens (tertiary/aromatic N) is 5. The molecule has 2 aromatic heterocycles. The van der Waals surface area contributed by atoms with Crippen LogP contribution in [-0.4, -0.2) is 43.6 Å². The minimum absolute atomic E-state index is 0.102. The molecule has 1 saturated heterocycles. The van der Waals surface area contributed by atoms with Gasteiger partial charge in [0.2, 0.25) is 5.91 Å². The number of carbonyl (C=O) groups is 1. The summed E-state index contributed by atoms with van der Waals surface area (Å²) in [6.45, 7) is 7.00. The maximum Gasteiger partial charge on any atom is 0.246 e. The van der Waals surface area contributed by atoms with Gasteiger partial charge in [-0.2, -0.15) is 5.10 Å². The first-order valence-electron chi connectivity index (χ1n) is 11.8. The van der Waals surface area contributed by atoms with E-state index in [0.717, 1.165) is 24.0 Å². The lowest BCUT2D eigenvalue weighted by molar-refractivity contribution is -0.127. The van der Waals surface area contributed by atoms with Crippen molar-refractivity contribution in [2.45, 2.75) is 32.4 Å². The fraction of sp³-hybridized carbons (Fsp3) is 0.259. The highest BCUT2D eigenvalue weighted by atomic mass is 19.1. The first-order valence-corrected chi connectivity index (χ1v) is 11.8. The molecule has 0 bridgehead atoms. The van der Waals surface area contributed by atoms with Gasteiger partial charge in [-0.3, -0.25) is 4.79 Å². The number of fused-ring (bicyclic) bond motifs is 1. The van der Waals surface area contributed by atoms with Crippen LogP contribution in [0.15, 0.2) is 61.4 Å². The van der Waals surface area contributed by atoms with E-state index in [9.17, 15) is 4.79 Å². The molecule has 9 heteroatoms. The third-order valence-corrected chi connectivity index (χ3v) is 6.43. The largest absolute Gasteiger partial charge is 0.486 e. The van der Waals surface area contributed by atoms with Crippen molar-refractivity contribution in [3.05, 3.63) is 78.4 Å². The highest BCUT2D eigenvalue weighted by Gasteiger charge is 2.28. The highest BCUT2D eigenvalue weighted by molar-refractivity contribution is 5.98. The summed E-state index contributed by atoms with van der Waals surface area (Å²) in [5.41, 5.74) is 9.88. The van der Waals surface area contributed by atoms with Gasteiger partial charge in [0.15, 0.2) is 17.2 Å². The van der Waals surface area contributed by atoms with Gasteiger partial charge in [-0.1, -0.05) is 36.4 Å². The van der Waals surface area contributed by atoms with Crippen LogP contribution in [0.5, 0.6) is 5.75 Å². The fourth-order valence-electron chi connectivity index (χ4n) is 4.66. The number of aromatic nitrogens is 4. The van der Waals surface area contributed by atoms with E-state index in [2.05, 4.69) is 16.5 Å². The number of piperidine rings is 1. The molecule has 0 aliphatic carbocycles. The van der Waals surface area contributed by atoms with Crippen LogP contribution in [0.1, 0.15) is 30.0 Å². The van der Waals surface area contributed by atoms with Gasteiger partial charge in [-0.25, -0.2) is 19.0 Å². The number of likely N-dealkylation sites (tertiary alicyclic amines) is 1. The number of rotatable bonds is 6. The molecular weight excluding hydrogens is 459 g/mol. The first kappa shape index (κ1) is 23.5. The number of nitrogen functional groups attached to an aromatic ring is 1. The predicted molar refractivity (Wildman–Crippen MR) is 136 cm³/mol. The Kier molecular flexibility index (Phi) is 6.37. The van der Waals surface area contributed by atoms with Crippen LogP contribution in [0.25, 0.3) is 22.3 Å². The summed E-state index contributed by atoms with van der Waals surface area (Å²) in [4.78, 5) is 22.5. The normalized spacial score (nSPS) is 15.7. The molecule has 1 aliphatic heterocycles. The Morgan fingerprint density at radius 1 is 1.28 bits per heavy atom. The minimum Gasteiger partial charge on any atom is -0.486 e. The van der Waals surface area contributed by atoms with Crippen molar-refractivity contribution in [1.29, 1.82) is 0 Å². The molecule has 4 aromatic rings. The van der Waals surface area contributed by atoms with E-state index in [4.69, 9.17) is 15.6 Å². The predicted octanol–water partition coefficient (Wildman–Crippen LogP) is 4.45. The maximum atomic E-state index is 15.1. The number of amides is 1. The second-order valence-electron chi connectivity index (χ2n) is 8.96. The summed E-state index contributed by atoms with van der Waals surface area (Å²) >= 11 is 0. The maximum absolute atomic E-state index is 15.1. The zero-order valence-electron chi connectivity index (χ0n) is 20.0. The number of hydrogen-bond acceptors (Lipinski definition) is 6. The number of ether oxygens (including phenoxy) is 1. The first-order chi connectivity index (χ1) is 17.4. The average molecular weight is 487 g/mol. The molecule has 1 fully saturated rings. The standard InChI is InChI=1S/C27H27FN6O2/c1-3-23(35)33-11-5-8-20(14-33)34-27-24(26(29)30-16-31-27)25(32-34)19-9-10-22(21(28)13-19)36-15-18-7-4-6-17(2)12-18/h3-4,6-7,9-10,12-13,16,20H,1,5,8,11,14-15H2,2H3,(H2,29,30,31)/t20-/m1/s1. The number of benzene rings is 2. The molecule has 2 N–H and O–H groups in total. The third-order valence-electron chi connectivity index (χ3n) is 6.43. The van der Waals surface area contributed by atoms with Crippen LogP contribution in [0.4, 0.5) is 10.2 Å². The van der Waals surface area contributed by atoms with Crippen molar-refractivity contribution in [1.82, 2.24) is 24.6 Å². The van der Waals surface area contributed by atoms with Crippen molar-refractivity contribution in [3.8, 4) is 17.0 Å². The highest BCUT2D eigenvalue weighted by Crippen LogP contribution is 2.35. The number of carbonyl (C=O) groups excluding carboxylic acids is 1. The van der Waals surface area contributed by atoms with Gasteiger partial charge >= 0.3 is 0 Å². The third kappa shape index (κ3) is 4.51. The Bertz CT molecular complexity index is 1450. The average Bonchev–Trinajstić information content (AvgIpc) is 3.29. The molecule has 2 aromatic carbocycles. The molecule has 0 unspecified atom stereocenters. The van der Waals surface area contributed by atoms with E-state index in [0.29, 0.717) is 35.4 Å². The van der Waals surface area contributed by atoms with E-state index < -0.39 is 5.82 Å². The van der Waals surface area contributed by atoms with E-state index >= 15 is 4.39 Å². The van der Waals surface area contributed by atoms with Crippen molar-refractivity contribution in [2.75, 3.05) is 18.8 Å². The summed E-state index contributed by atoms with van der Waals surface area (Å²) in [5, 5.41) is 5.35. The molecular formula is C27H27FN6O2. The molecule has 3 heterocycles. The zero-order valence-corrected chi connectivity index (χ0v) is 20.0. The Labute approximate surface area is 208 Å². The molecule has 1 aliphatic rings. The van der Waals surface area contributed by atoms with Crippen LogP contribution >= 0.6 is 0 Å². The summed E-state index contributed by atoms with van der Waals surface area (Å²) in [5.74, 6) is -0.206. The van der Waals surface area contributed by atoms with Gasteiger partial charge in [-0.15, -0.1) is 0 Å². The van der Waals surface area contributed by atoms with Crippen molar-refractivity contribution >= 4 is 22.8 Å². The van der Waals surface area contributed by atoms with Gasteiger partial charge in [0.1, 0.15) is 24.4 Å². The molecule has 8 nitrogen and oxygen atoms in total. The monoisotopic (exact) mass is 486 g/mol. The summed E-state index contributed by atoms with van der Waals surface area (Å²) in [6.07, 6.45) is 4.35.